The lowest BCUT2D eigenvalue weighted by atomic mass is 9.99. The number of benzene rings is 1. The van der Waals surface area contributed by atoms with Gasteiger partial charge in [0.15, 0.2) is 11.2 Å². The molecule has 1 unspecified atom stereocenters. The molecule has 1 aliphatic heterocycles. The second kappa shape index (κ2) is 9.54. The number of aliphatic hydroxyl groups excluding tert-OH is 2. The van der Waals surface area contributed by atoms with Gasteiger partial charge in [-0.1, -0.05) is 17.7 Å². The average molecular weight is 507 g/mol. The van der Waals surface area contributed by atoms with Crippen LogP contribution in [0, 0.1) is 13.8 Å². The number of β-amino-alcohol motifs (C(OH)–C–C–N with tert-alkyl or cyclic N) is 2. The summed E-state index contributed by atoms with van der Waals surface area (Å²) in [4.78, 5) is 23.8. The van der Waals surface area contributed by atoms with Gasteiger partial charge in [0.25, 0.3) is 0 Å². The predicted octanol–water partition coefficient (Wildman–Crippen LogP) is 4.24. The highest BCUT2D eigenvalue weighted by molar-refractivity contribution is 6.29. The van der Waals surface area contributed by atoms with Crippen molar-refractivity contribution in [3.05, 3.63) is 80.9 Å². The van der Waals surface area contributed by atoms with Crippen LogP contribution >= 0.6 is 11.6 Å². The van der Waals surface area contributed by atoms with E-state index < -0.39 is 12.2 Å². The summed E-state index contributed by atoms with van der Waals surface area (Å²) in [5.74, 6) is 1.03. The fourth-order valence-electron chi connectivity index (χ4n) is 4.69. The molecule has 1 saturated heterocycles. The van der Waals surface area contributed by atoms with Gasteiger partial charge in [0.1, 0.15) is 16.5 Å². The van der Waals surface area contributed by atoms with Crippen molar-refractivity contribution >= 4 is 34.1 Å². The molecule has 1 aliphatic rings. The maximum Gasteiger partial charge on any atom is 0.196 e. The van der Waals surface area contributed by atoms with Crippen molar-refractivity contribution in [3.8, 4) is 11.3 Å². The van der Waals surface area contributed by atoms with E-state index in [1.165, 1.54) is 0 Å². The van der Waals surface area contributed by atoms with Gasteiger partial charge in [-0.3, -0.25) is 9.78 Å². The lowest BCUT2D eigenvalue weighted by Gasteiger charge is -2.24. The second-order valence-electron chi connectivity index (χ2n) is 9.27. The second-order valence-corrected chi connectivity index (χ2v) is 9.66. The van der Waals surface area contributed by atoms with Crippen LogP contribution in [0.15, 0.2) is 58.0 Å². The van der Waals surface area contributed by atoms with E-state index >= 15 is 0 Å². The molecule has 5 rings (SSSR count). The highest BCUT2D eigenvalue weighted by Gasteiger charge is 2.32. The summed E-state index contributed by atoms with van der Waals surface area (Å²) in [5, 5.41) is 24.4. The number of hydrogen-bond acceptors (Lipinski definition) is 8. The molecule has 1 fully saturated rings. The Morgan fingerprint density at radius 1 is 1.17 bits per heavy atom. The maximum atomic E-state index is 13.4. The summed E-state index contributed by atoms with van der Waals surface area (Å²) < 4.78 is 6.39. The third-order valence-corrected chi connectivity index (χ3v) is 6.76. The summed E-state index contributed by atoms with van der Waals surface area (Å²) in [6, 6.07) is 10.7. The molecule has 1 aromatic carbocycles. The Labute approximate surface area is 213 Å². The number of aromatic nitrogens is 2. The quantitative estimate of drug-likeness (QED) is 0.345. The number of hydrogen-bond donors (Lipinski definition) is 3. The van der Waals surface area contributed by atoms with E-state index in [1.807, 2.05) is 38.1 Å². The van der Waals surface area contributed by atoms with Gasteiger partial charge in [0, 0.05) is 42.2 Å². The molecule has 3 aromatic heterocycles. The SMILES string of the molecule is Cc1cc(C(C)Nc2ccc(Cl)nc2N2C[C@H](O)[C@@H](O)C2)c2oc(-c3cccnc3)c(C)c(=O)c2c1. The number of nitrogens with zero attached hydrogens (tertiary/aromatic N) is 3. The Bertz CT molecular complexity index is 1480. The lowest BCUT2D eigenvalue weighted by Crippen LogP contribution is -2.24. The van der Waals surface area contributed by atoms with Crippen LogP contribution in [-0.4, -0.2) is 45.5 Å². The van der Waals surface area contributed by atoms with Crippen molar-refractivity contribution in [1.82, 2.24) is 9.97 Å². The van der Waals surface area contributed by atoms with E-state index in [1.54, 1.807) is 36.4 Å². The van der Waals surface area contributed by atoms with E-state index in [2.05, 4.69) is 15.3 Å². The molecule has 0 radical (unpaired) electrons. The topological polar surface area (TPSA) is 112 Å². The molecule has 0 amide bonds. The summed E-state index contributed by atoms with van der Waals surface area (Å²) in [6.07, 6.45) is 1.63. The smallest absolute Gasteiger partial charge is 0.196 e. The van der Waals surface area contributed by atoms with Gasteiger partial charge in [-0.05, 0) is 56.7 Å². The van der Waals surface area contributed by atoms with Crippen molar-refractivity contribution in [2.45, 2.75) is 39.0 Å². The van der Waals surface area contributed by atoms with Crippen LogP contribution in [0.5, 0.6) is 0 Å². The molecule has 9 heteroatoms. The van der Waals surface area contributed by atoms with Crippen LogP contribution in [0.1, 0.15) is 29.7 Å². The van der Waals surface area contributed by atoms with Gasteiger partial charge in [0.2, 0.25) is 0 Å². The zero-order chi connectivity index (χ0) is 25.6. The van der Waals surface area contributed by atoms with Crippen LogP contribution in [0.25, 0.3) is 22.3 Å². The van der Waals surface area contributed by atoms with E-state index in [4.69, 9.17) is 16.0 Å². The first kappa shape index (κ1) is 24.2. The molecule has 3 atom stereocenters. The molecule has 0 aliphatic carbocycles. The standard InChI is InChI=1S/C27H27ClN4O4/c1-14-9-18(26-19(10-14)24(35)15(2)25(36-26)17-5-4-8-29-11-17)16(3)30-20-6-7-23(28)31-27(20)32-12-21(33)22(34)13-32/h4-11,16,21-22,30,33-34H,12-13H2,1-3H3/t16?,21-,22-/m0/s1. The van der Waals surface area contributed by atoms with Crippen molar-refractivity contribution in [3.63, 3.8) is 0 Å². The van der Waals surface area contributed by atoms with Crippen LogP contribution < -0.4 is 15.6 Å². The van der Waals surface area contributed by atoms with Gasteiger partial charge in [-0.2, -0.15) is 0 Å². The fraction of sp³-hybridized carbons (Fsp3) is 0.296. The van der Waals surface area contributed by atoms with Crippen molar-refractivity contribution in [1.29, 1.82) is 0 Å². The first-order valence-corrected chi connectivity index (χ1v) is 12.1. The monoisotopic (exact) mass is 506 g/mol. The fourth-order valence-corrected chi connectivity index (χ4v) is 4.84. The largest absolute Gasteiger partial charge is 0.455 e. The Morgan fingerprint density at radius 3 is 2.61 bits per heavy atom. The van der Waals surface area contributed by atoms with Gasteiger partial charge in [-0.15, -0.1) is 0 Å². The molecule has 0 spiro atoms. The van der Waals surface area contributed by atoms with Crippen molar-refractivity contribution in [2.24, 2.45) is 0 Å². The van der Waals surface area contributed by atoms with E-state index in [0.717, 1.165) is 16.7 Å². The van der Waals surface area contributed by atoms with Gasteiger partial charge >= 0.3 is 0 Å². The normalized spacial score (nSPS) is 18.6. The number of aliphatic hydroxyl groups is 2. The summed E-state index contributed by atoms with van der Waals surface area (Å²) in [6.45, 7) is 6.18. The van der Waals surface area contributed by atoms with E-state index in [-0.39, 0.29) is 24.6 Å². The number of pyridine rings is 2. The summed E-state index contributed by atoms with van der Waals surface area (Å²) in [5.41, 5.74) is 4.12. The van der Waals surface area contributed by atoms with Gasteiger partial charge in [0.05, 0.1) is 29.3 Å². The van der Waals surface area contributed by atoms with Crippen molar-refractivity contribution in [2.75, 3.05) is 23.3 Å². The summed E-state index contributed by atoms with van der Waals surface area (Å²) >= 11 is 6.18. The molecule has 0 bridgehead atoms. The highest BCUT2D eigenvalue weighted by Crippen LogP contribution is 2.35. The molecule has 0 saturated carbocycles. The van der Waals surface area contributed by atoms with Crippen molar-refractivity contribution < 1.29 is 14.6 Å². The molecular weight excluding hydrogens is 480 g/mol. The Balaban J connectivity index is 1.59. The molecule has 36 heavy (non-hydrogen) atoms. The number of anilines is 2. The van der Waals surface area contributed by atoms with Gasteiger partial charge < -0.3 is 24.8 Å². The third kappa shape index (κ3) is 4.43. The minimum absolute atomic E-state index is 0.0823. The first-order valence-electron chi connectivity index (χ1n) is 11.8. The summed E-state index contributed by atoms with van der Waals surface area (Å²) in [7, 11) is 0. The molecule has 4 heterocycles. The number of nitrogens with one attached hydrogen (secondary N) is 1. The predicted molar refractivity (Wildman–Crippen MR) is 141 cm³/mol. The highest BCUT2D eigenvalue weighted by atomic mass is 35.5. The molecule has 4 aromatic rings. The average Bonchev–Trinajstić information content (AvgIpc) is 3.20. The minimum atomic E-state index is -0.861. The lowest BCUT2D eigenvalue weighted by molar-refractivity contribution is 0.0572. The number of halogens is 1. The van der Waals surface area contributed by atoms with E-state index in [9.17, 15) is 15.0 Å². The molecule has 186 valence electrons. The minimum Gasteiger partial charge on any atom is -0.455 e. The number of rotatable bonds is 5. The Morgan fingerprint density at radius 2 is 1.92 bits per heavy atom. The van der Waals surface area contributed by atoms with Crippen LogP contribution in [0.4, 0.5) is 11.5 Å². The Hall–Kier alpha value is -3.46. The molecule has 3 N–H and O–H groups in total. The van der Waals surface area contributed by atoms with Crippen LogP contribution in [-0.2, 0) is 0 Å². The number of aryl methyl sites for hydroxylation is 1. The maximum absolute atomic E-state index is 13.4. The Kier molecular flexibility index (Phi) is 6.42. The van der Waals surface area contributed by atoms with Crippen LogP contribution in [0.2, 0.25) is 5.15 Å². The molecular formula is C27H27ClN4O4. The van der Waals surface area contributed by atoms with E-state index in [0.29, 0.717) is 39.0 Å². The zero-order valence-corrected chi connectivity index (χ0v) is 21.0. The molecule has 8 nitrogen and oxygen atoms in total. The zero-order valence-electron chi connectivity index (χ0n) is 20.2. The van der Waals surface area contributed by atoms with Gasteiger partial charge in [-0.25, -0.2) is 4.98 Å². The number of fused-ring (bicyclic) bond motifs is 1. The van der Waals surface area contributed by atoms with Crippen LogP contribution in [0.3, 0.4) is 0 Å². The first-order chi connectivity index (χ1) is 17.2. The third-order valence-electron chi connectivity index (χ3n) is 6.55.